The molecule has 0 aliphatic carbocycles. The van der Waals surface area contributed by atoms with Crippen molar-refractivity contribution in [2.24, 2.45) is 10.2 Å². The zero-order valence-corrected chi connectivity index (χ0v) is 17.8. The minimum atomic E-state index is -0.746. The van der Waals surface area contributed by atoms with Crippen molar-refractivity contribution in [1.82, 2.24) is 14.8 Å². The highest BCUT2D eigenvalue weighted by molar-refractivity contribution is 6.31. The second-order valence-electron chi connectivity index (χ2n) is 7.36. The second kappa shape index (κ2) is 8.33. The van der Waals surface area contributed by atoms with Gasteiger partial charge < -0.3 is 10.1 Å². The van der Waals surface area contributed by atoms with Gasteiger partial charge in [-0.3, -0.25) is 9.59 Å². The van der Waals surface area contributed by atoms with Crippen LogP contribution in [0.2, 0.25) is 5.02 Å². The van der Waals surface area contributed by atoms with Gasteiger partial charge in [-0.2, -0.15) is 5.10 Å². The van der Waals surface area contributed by atoms with Gasteiger partial charge in [0.15, 0.2) is 11.4 Å². The Morgan fingerprint density at radius 1 is 1.00 bits per heavy atom. The normalized spacial score (nSPS) is 11.5. The summed E-state index contributed by atoms with van der Waals surface area (Å²) in [7, 11) is 0. The second-order valence-corrected chi connectivity index (χ2v) is 7.80. The van der Waals surface area contributed by atoms with E-state index < -0.39 is 5.91 Å². The van der Waals surface area contributed by atoms with E-state index in [1.165, 1.54) is 4.68 Å². The molecule has 0 atom stereocenters. The molecule has 0 aliphatic heterocycles. The van der Waals surface area contributed by atoms with Crippen LogP contribution in [0.4, 0.5) is 5.69 Å². The van der Waals surface area contributed by atoms with Crippen molar-refractivity contribution < 1.29 is 9.90 Å². The van der Waals surface area contributed by atoms with Crippen LogP contribution in [0.5, 0.6) is 5.88 Å². The van der Waals surface area contributed by atoms with Crippen molar-refractivity contribution >= 4 is 44.9 Å². The van der Waals surface area contributed by atoms with E-state index in [9.17, 15) is 14.7 Å². The number of carbonyl (C=O) groups excluding carboxylic acids is 1. The lowest BCUT2D eigenvalue weighted by Crippen LogP contribution is -2.26. The van der Waals surface area contributed by atoms with E-state index in [-0.39, 0.29) is 29.4 Å². The average Bonchev–Trinajstić information content (AvgIpc) is 3.14. The molecule has 162 valence electrons. The Hall–Kier alpha value is -4.30. The molecule has 5 aromatic rings. The predicted molar refractivity (Wildman–Crippen MR) is 125 cm³/mol. The van der Waals surface area contributed by atoms with Crippen molar-refractivity contribution in [1.29, 1.82) is 0 Å². The fourth-order valence-electron chi connectivity index (χ4n) is 3.64. The van der Waals surface area contributed by atoms with Crippen LogP contribution < -0.4 is 5.56 Å². The van der Waals surface area contributed by atoms with Crippen LogP contribution in [-0.2, 0) is 6.54 Å². The van der Waals surface area contributed by atoms with Crippen LogP contribution in [0.1, 0.15) is 16.1 Å². The van der Waals surface area contributed by atoms with Crippen LogP contribution in [0.25, 0.3) is 21.7 Å². The number of nitrogens with one attached hydrogen (secondary N) is 1. The predicted octanol–water partition coefficient (Wildman–Crippen LogP) is 5.21. The van der Waals surface area contributed by atoms with Crippen molar-refractivity contribution in [2.75, 3.05) is 0 Å². The molecule has 0 saturated heterocycles. The highest BCUT2D eigenvalue weighted by Crippen LogP contribution is 2.36. The van der Waals surface area contributed by atoms with Gasteiger partial charge in [-0.1, -0.05) is 60.1 Å². The molecule has 0 spiro atoms. The van der Waals surface area contributed by atoms with E-state index in [1.807, 2.05) is 30.3 Å². The molecule has 0 fully saturated rings. The molecule has 5 rings (SSSR count). The van der Waals surface area contributed by atoms with Gasteiger partial charge in [0, 0.05) is 15.8 Å². The molecule has 2 heterocycles. The average molecular weight is 458 g/mol. The maximum atomic E-state index is 13.0. The number of fused-ring (bicyclic) bond motifs is 2. The van der Waals surface area contributed by atoms with Gasteiger partial charge in [0.2, 0.25) is 5.88 Å². The van der Waals surface area contributed by atoms with Crippen LogP contribution in [0, 0.1) is 0 Å². The van der Waals surface area contributed by atoms with E-state index >= 15 is 0 Å². The molecule has 0 unspecified atom stereocenters. The Labute approximate surface area is 191 Å². The third-order valence-corrected chi connectivity index (χ3v) is 5.44. The monoisotopic (exact) mass is 457 g/mol. The molecule has 2 N–H and O–H groups in total. The molecule has 2 aromatic heterocycles. The number of aromatic nitrogens is 3. The molecule has 9 heteroatoms. The maximum Gasteiger partial charge on any atom is 0.316 e. The number of amides is 1. The van der Waals surface area contributed by atoms with Crippen LogP contribution in [0.15, 0.2) is 87.8 Å². The number of halogens is 1. The quantitative estimate of drug-likeness (QED) is 0.360. The summed E-state index contributed by atoms with van der Waals surface area (Å²) in [6, 6.07) is 21.0. The van der Waals surface area contributed by atoms with Crippen molar-refractivity contribution in [3.05, 3.63) is 99.4 Å². The number of hydrogen-bond donors (Lipinski definition) is 2. The summed E-state index contributed by atoms with van der Waals surface area (Å²) in [6.07, 6.45) is 0. The van der Waals surface area contributed by atoms with Gasteiger partial charge >= 0.3 is 5.91 Å². The topological polar surface area (TPSA) is 113 Å². The van der Waals surface area contributed by atoms with Crippen LogP contribution >= 0.6 is 11.6 Å². The zero-order chi connectivity index (χ0) is 22.9. The number of benzene rings is 3. The summed E-state index contributed by atoms with van der Waals surface area (Å²) in [5, 5.41) is 24.0. The van der Waals surface area contributed by atoms with Gasteiger partial charge in [0.1, 0.15) is 0 Å². The standard InChI is InChI=1S/C24H16ClN5O3/c25-15-10-11-19-18(12-15)20(22(31)26-19)27-28-23(32)21-16-8-4-5-9-17(16)24(33)30(29-21)13-14-6-2-1-3-7-14/h1-12,26,31H,13H2. The zero-order valence-electron chi connectivity index (χ0n) is 17.1. The third-order valence-electron chi connectivity index (χ3n) is 5.20. The third kappa shape index (κ3) is 3.88. The number of nitrogens with zero attached hydrogens (tertiary/aromatic N) is 4. The van der Waals surface area contributed by atoms with Crippen LogP contribution in [0.3, 0.4) is 0 Å². The fourth-order valence-corrected chi connectivity index (χ4v) is 3.81. The maximum absolute atomic E-state index is 13.0. The van der Waals surface area contributed by atoms with E-state index in [2.05, 4.69) is 20.3 Å². The smallest absolute Gasteiger partial charge is 0.316 e. The van der Waals surface area contributed by atoms with E-state index in [0.29, 0.717) is 26.7 Å². The lowest BCUT2D eigenvalue weighted by Gasteiger charge is -2.09. The minimum Gasteiger partial charge on any atom is -0.493 e. The van der Waals surface area contributed by atoms with E-state index in [1.54, 1.807) is 42.5 Å². The number of H-pyrrole nitrogens is 1. The van der Waals surface area contributed by atoms with Crippen molar-refractivity contribution in [3.8, 4) is 5.88 Å². The van der Waals surface area contributed by atoms with E-state index in [0.717, 1.165) is 5.56 Å². The van der Waals surface area contributed by atoms with Gasteiger partial charge in [0.05, 0.1) is 17.4 Å². The highest BCUT2D eigenvalue weighted by Gasteiger charge is 2.18. The Bertz CT molecular complexity index is 1610. The Kier molecular flexibility index (Phi) is 5.20. The Morgan fingerprint density at radius 3 is 2.52 bits per heavy atom. The lowest BCUT2D eigenvalue weighted by molar-refractivity contribution is 0.0990. The number of azo groups is 1. The molecule has 0 bridgehead atoms. The largest absolute Gasteiger partial charge is 0.493 e. The molecular weight excluding hydrogens is 442 g/mol. The summed E-state index contributed by atoms with van der Waals surface area (Å²) < 4.78 is 1.24. The number of rotatable bonds is 4. The number of aromatic amines is 1. The summed E-state index contributed by atoms with van der Waals surface area (Å²) in [6.45, 7) is 0.198. The first-order chi connectivity index (χ1) is 16.0. The highest BCUT2D eigenvalue weighted by atomic mass is 35.5. The molecular formula is C24H16ClN5O3. The molecule has 33 heavy (non-hydrogen) atoms. The molecule has 3 aromatic carbocycles. The fraction of sp³-hybridized carbons (Fsp3) is 0.0417. The lowest BCUT2D eigenvalue weighted by atomic mass is 10.1. The number of hydrogen-bond acceptors (Lipinski definition) is 5. The molecule has 8 nitrogen and oxygen atoms in total. The number of aromatic hydroxyl groups is 1. The molecule has 0 aliphatic rings. The van der Waals surface area contributed by atoms with Crippen molar-refractivity contribution in [3.63, 3.8) is 0 Å². The Morgan fingerprint density at radius 2 is 1.73 bits per heavy atom. The SMILES string of the molecule is O=C(N=Nc1c(O)[nH]c2ccc(Cl)cc12)c1nn(Cc2ccccc2)c(=O)c2ccccc12. The van der Waals surface area contributed by atoms with Crippen molar-refractivity contribution in [2.45, 2.75) is 6.54 Å². The first-order valence-electron chi connectivity index (χ1n) is 10.0. The summed E-state index contributed by atoms with van der Waals surface area (Å²) >= 11 is 6.05. The first-order valence-corrected chi connectivity index (χ1v) is 10.4. The van der Waals surface area contributed by atoms with Gasteiger partial charge in [-0.15, -0.1) is 10.2 Å². The minimum absolute atomic E-state index is 0.0118. The van der Waals surface area contributed by atoms with Gasteiger partial charge in [-0.05, 0) is 29.8 Å². The van der Waals surface area contributed by atoms with Crippen LogP contribution in [-0.4, -0.2) is 25.8 Å². The molecule has 0 saturated carbocycles. The first kappa shape index (κ1) is 20.6. The van der Waals surface area contributed by atoms with Gasteiger partial charge in [0.25, 0.3) is 5.56 Å². The summed E-state index contributed by atoms with van der Waals surface area (Å²) in [5.41, 5.74) is 1.22. The van der Waals surface area contributed by atoms with E-state index in [4.69, 9.17) is 11.6 Å². The van der Waals surface area contributed by atoms with Gasteiger partial charge in [-0.25, -0.2) is 4.68 Å². The molecule has 1 amide bonds. The summed E-state index contributed by atoms with van der Waals surface area (Å²) in [5.74, 6) is -0.987. The molecule has 0 radical (unpaired) electrons. The number of carbonyl (C=O) groups is 1. The summed E-state index contributed by atoms with van der Waals surface area (Å²) in [4.78, 5) is 28.8. The Balaban J connectivity index is 1.59.